The highest BCUT2D eigenvalue weighted by Gasteiger charge is 2.15. The van der Waals surface area contributed by atoms with Crippen LogP contribution in [0.5, 0.6) is 17.2 Å². The van der Waals surface area contributed by atoms with E-state index in [1.165, 1.54) is 11.8 Å². The molecule has 0 N–H and O–H groups in total. The summed E-state index contributed by atoms with van der Waals surface area (Å²) in [4.78, 5) is 12.6. The molecule has 158 valence electrons. The van der Waals surface area contributed by atoms with Crippen LogP contribution in [0.4, 0.5) is 0 Å². The van der Waals surface area contributed by atoms with E-state index < -0.39 is 0 Å². The van der Waals surface area contributed by atoms with Crippen molar-refractivity contribution in [2.75, 3.05) is 20.0 Å². The number of carbonyl (C=O) groups is 1. The Morgan fingerprint density at radius 3 is 2.50 bits per heavy atom. The molecule has 0 spiro atoms. The fourth-order valence-electron chi connectivity index (χ4n) is 2.82. The number of benzene rings is 2. The van der Waals surface area contributed by atoms with Crippen LogP contribution in [0.1, 0.15) is 27.3 Å². The SMILES string of the molecule is COc1ccc(C(=O)CSc2nnc(COc3cc(C)ccc3C)n2C)cc1OC. The van der Waals surface area contributed by atoms with Gasteiger partial charge in [-0.1, -0.05) is 23.9 Å². The van der Waals surface area contributed by atoms with Crippen LogP contribution in [0.3, 0.4) is 0 Å². The van der Waals surface area contributed by atoms with Crippen LogP contribution in [0, 0.1) is 13.8 Å². The average Bonchev–Trinajstić information content (AvgIpc) is 3.11. The summed E-state index contributed by atoms with van der Waals surface area (Å²) in [5.74, 6) is 2.84. The fourth-order valence-corrected chi connectivity index (χ4v) is 3.65. The second kappa shape index (κ2) is 9.67. The molecule has 0 fully saturated rings. The van der Waals surface area contributed by atoms with Gasteiger partial charge in [0.1, 0.15) is 12.4 Å². The van der Waals surface area contributed by atoms with Crippen LogP contribution in [-0.4, -0.2) is 40.5 Å². The van der Waals surface area contributed by atoms with Gasteiger partial charge in [-0.2, -0.15) is 0 Å². The lowest BCUT2D eigenvalue weighted by Crippen LogP contribution is -2.07. The Morgan fingerprint density at radius 1 is 1.00 bits per heavy atom. The van der Waals surface area contributed by atoms with Gasteiger partial charge in [0.25, 0.3) is 0 Å². The zero-order chi connectivity index (χ0) is 21.7. The Kier molecular flexibility index (Phi) is 6.99. The van der Waals surface area contributed by atoms with E-state index in [4.69, 9.17) is 14.2 Å². The van der Waals surface area contributed by atoms with E-state index in [-0.39, 0.29) is 11.5 Å². The van der Waals surface area contributed by atoms with E-state index in [1.807, 2.05) is 37.6 Å². The van der Waals surface area contributed by atoms with Crippen LogP contribution >= 0.6 is 11.8 Å². The molecule has 0 radical (unpaired) electrons. The average molecular weight is 428 g/mol. The normalized spacial score (nSPS) is 10.7. The summed E-state index contributed by atoms with van der Waals surface area (Å²) >= 11 is 1.33. The van der Waals surface area contributed by atoms with E-state index in [9.17, 15) is 4.79 Å². The van der Waals surface area contributed by atoms with Gasteiger partial charge >= 0.3 is 0 Å². The van der Waals surface area contributed by atoms with Gasteiger partial charge in [-0.05, 0) is 49.2 Å². The number of ether oxygens (including phenoxy) is 3. The molecule has 0 bridgehead atoms. The highest BCUT2D eigenvalue weighted by molar-refractivity contribution is 7.99. The number of rotatable bonds is 9. The van der Waals surface area contributed by atoms with Crippen molar-refractivity contribution in [1.82, 2.24) is 14.8 Å². The lowest BCUT2D eigenvalue weighted by molar-refractivity contribution is 0.102. The Bertz CT molecular complexity index is 1050. The summed E-state index contributed by atoms with van der Waals surface area (Å²) in [5.41, 5.74) is 2.76. The number of Topliss-reactive ketones (excluding diaryl/α,β-unsaturated/α-hetero) is 1. The largest absolute Gasteiger partial charge is 0.493 e. The number of carbonyl (C=O) groups excluding carboxylic acids is 1. The standard InChI is InChI=1S/C22H25N3O4S/c1-14-6-7-15(2)19(10-14)29-12-21-23-24-22(25(21)3)30-13-17(26)16-8-9-18(27-4)20(11-16)28-5/h6-11H,12-13H2,1-5H3. The summed E-state index contributed by atoms with van der Waals surface area (Å²) in [5, 5.41) is 9.05. The molecule has 0 atom stereocenters. The first-order valence-electron chi connectivity index (χ1n) is 9.39. The first-order chi connectivity index (χ1) is 14.4. The fraction of sp³-hybridized carbons (Fsp3) is 0.318. The molecule has 0 saturated carbocycles. The highest BCUT2D eigenvalue weighted by Crippen LogP contribution is 2.28. The van der Waals surface area contributed by atoms with Gasteiger partial charge in [0.15, 0.2) is 28.3 Å². The Morgan fingerprint density at radius 2 is 1.77 bits per heavy atom. The summed E-state index contributed by atoms with van der Waals surface area (Å²) < 4.78 is 18.2. The first-order valence-corrected chi connectivity index (χ1v) is 10.4. The monoisotopic (exact) mass is 427 g/mol. The summed E-state index contributed by atoms with van der Waals surface area (Å²) in [7, 11) is 4.97. The predicted molar refractivity (Wildman–Crippen MR) is 116 cm³/mol. The van der Waals surface area contributed by atoms with E-state index in [1.54, 1.807) is 32.4 Å². The number of nitrogens with zero attached hydrogens (tertiary/aromatic N) is 3. The van der Waals surface area contributed by atoms with Crippen molar-refractivity contribution in [3.05, 3.63) is 58.9 Å². The van der Waals surface area contributed by atoms with Gasteiger partial charge in [-0.25, -0.2) is 0 Å². The van der Waals surface area contributed by atoms with Gasteiger partial charge in [-0.15, -0.1) is 10.2 Å². The number of ketones is 1. The number of hydrogen-bond donors (Lipinski definition) is 0. The lowest BCUT2D eigenvalue weighted by Gasteiger charge is -2.10. The van der Waals surface area contributed by atoms with Crippen LogP contribution in [0.15, 0.2) is 41.6 Å². The molecule has 0 aliphatic heterocycles. The number of methoxy groups -OCH3 is 2. The van der Waals surface area contributed by atoms with Crippen molar-refractivity contribution in [2.45, 2.75) is 25.6 Å². The molecule has 3 aromatic rings. The van der Waals surface area contributed by atoms with Crippen molar-refractivity contribution in [3.8, 4) is 17.2 Å². The van der Waals surface area contributed by atoms with Crippen molar-refractivity contribution in [2.24, 2.45) is 7.05 Å². The molecular weight excluding hydrogens is 402 g/mol. The molecule has 7 nitrogen and oxygen atoms in total. The molecule has 0 unspecified atom stereocenters. The smallest absolute Gasteiger partial charge is 0.191 e. The molecule has 0 aliphatic rings. The van der Waals surface area contributed by atoms with Crippen LogP contribution in [0.25, 0.3) is 0 Å². The summed E-state index contributed by atoms with van der Waals surface area (Å²) in [6.07, 6.45) is 0. The molecule has 8 heteroatoms. The number of hydrogen-bond acceptors (Lipinski definition) is 7. The van der Waals surface area contributed by atoms with Gasteiger partial charge < -0.3 is 18.8 Å². The van der Waals surface area contributed by atoms with Gasteiger partial charge in [0.05, 0.1) is 20.0 Å². The van der Waals surface area contributed by atoms with Crippen molar-refractivity contribution in [1.29, 1.82) is 0 Å². The molecule has 3 rings (SSSR count). The van der Waals surface area contributed by atoms with Gasteiger partial charge in [0.2, 0.25) is 0 Å². The Hall–Kier alpha value is -3.00. The minimum atomic E-state index is -0.0304. The molecule has 0 amide bonds. The van der Waals surface area contributed by atoms with Crippen molar-refractivity contribution < 1.29 is 19.0 Å². The molecule has 0 saturated heterocycles. The topological polar surface area (TPSA) is 75.5 Å². The zero-order valence-corrected chi connectivity index (χ0v) is 18.6. The van der Waals surface area contributed by atoms with Crippen LogP contribution < -0.4 is 14.2 Å². The highest BCUT2D eigenvalue weighted by atomic mass is 32.2. The predicted octanol–water partition coefficient (Wildman–Crippen LogP) is 4.00. The van der Waals surface area contributed by atoms with Crippen LogP contribution in [0.2, 0.25) is 0 Å². The summed E-state index contributed by atoms with van der Waals surface area (Å²) in [6, 6.07) is 11.2. The van der Waals surface area contributed by atoms with E-state index >= 15 is 0 Å². The van der Waals surface area contributed by atoms with E-state index in [0.717, 1.165) is 16.9 Å². The maximum atomic E-state index is 12.6. The first kappa shape index (κ1) is 21.7. The third kappa shape index (κ3) is 4.94. The molecular formula is C22H25N3O4S. The third-order valence-electron chi connectivity index (χ3n) is 4.66. The van der Waals surface area contributed by atoms with Crippen LogP contribution in [-0.2, 0) is 13.7 Å². The Balaban J connectivity index is 1.62. The van der Waals surface area contributed by atoms with Crippen molar-refractivity contribution in [3.63, 3.8) is 0 Å². The minimum absolute atomic E-state index is 0.0304. The number of aromatic nitrogens is 3. The summed E-state index contributed by atoms with van der Waals surface area (Å²) in [6.45, 7) is 4.34. The quantitative estimate of drug-likeness (QED) is 0.377. The molecule has 30 heavy (non-hydrogen) atoms. The van der Waals surface area contributed by atoms with Crippen molar-refractivity contribution >= 4 is 17.5 Å². The molecule has 0 aliphatic carbocycles. The van der Waals surface area contributed by atoms with E-state index in [2.05, 4.69) is 16.3 Å². The Labute approximate surface area is 180 Å². The second-order valence-corrected chi connectivity index (χ2v) is 7.74. The molecule has 1 aromatic heterocycles. The zero-order valence-electron chi connectivity index (χ0n) is 17.8. The second-order valence-electron chi connectivity index (χ2n) is 6.80. The minimum Gasteiger partial charge on any atom is -0.493 e. The third-order valence-corrected chi connectivity index (χ3v) is 5.68. The maximum absolute atomic E-state index is 12.6. The number of thioether (sulfide) groups is 1. The maximum Gasteiger partial charge on any atom is 0.191 e. The number of aryl methyl sites for hydroxylation is 2. The lowest BCUT2D eigenvalue weighted by atomic mass is 10.1. The van der Waals surface area contributed by atoms with Gasteiger partial charge in [-0.3, -0.25) is 4.79 Å². The van der Waals surface area contributed by atoms with Gasteiger partial charge in [0, 0.05) is 12.6 Å². The molecule has 1 heterocycles. The van der Waals surface area contributed by atoms with E-state index in [0.29, 0.717) is 34.7 Å². The molecule has 2 aromatic carbocycles.